The van der Waals surface area contributed by atoms with E-state index in [0.717, 1.165) is 39.3 Å². The lowest BCUT2D eigenvalue weighted by atomic mass is 10.1. The minimum absolute atomic E-state index is 0.0444. The zero-order valence-electron chi connectivity index (χ0n) is 20.3. The van der Waals surface area contributed by atoms with Crippen LogP contribution in [0.5, 0.6) is 11.5 Å². The Hall–Kier alpha value is -3.96. The van der Waals surface area contributed by atoms with Gasteiger partial charge in [-0.05, 0) is 43.3 Å². The molecule has 4 rings (SSSR count). The highest BCUT2D eigenvalue weighted by Crippen LogP contribution is 2.33. The van der Waals surface area contributed by atoms with Crippen molar-refractivity contribution in [2.75, 3.05) is 53.6 Å². The second-order valence-electron chi connectivity index (χ2n) is 8.23. The smallest absolute Gasteiger partial charge is 0.270 e. The van der Waals surface area contributed by atoms with Gasteiger partial charge in [0.15, 0.2) is 0 Å². The summed E-state index contributed by atoms with van der Waals surface area (Å²) in [7, 11) is 3.12. The van der Waals surface area contributed by atoms with Crippen molar-refractivity contribution in [3.63, 3.8) is 0 Å². The Bertz CT molecular complexity index is 1200. The summed E-state index contributed by atoms with van der Waals surface area (Å²) >= 11 is 0. The molecule has 1 saturated heterocycles. The van der Waals surface area contributed by atoms with Crippen molar-refractivity contribution in [1.29, 1.82) is 0 Å². The van der Waals surface area contributed by atoms with Crippen LogP contribution in [0.1, 0.15) is 16.9 Å². The van der Waals surface area contributed by atoms with Gasteiger partial charge in [-0.15, -0.1) is 0 Å². The molecule has 3 aromatic rings. The van der Waals surface area contributed by atoms with Crippen LogP contribution in [0.15, 0.2) is 48.5 Å². The SMILES string of the molecule is COc1ccc(-c2cc(C(=O)NCCCN3CCOCC3)n(-c3ccc([N+](=O)[O-])cc3)n2)c(OC)c1. The lowest BCUT2D eigenvalue weighted by molar-refractivity contribution is -0.384. The molecule has 1 aliphatic heterocycles. The van der Waals surface area contributed by atoms with Gasteiger partial charge in [0, 0.05) is 43.4 Å². The van der Waals surface area contributed by atoms with Crippen LogP contribution >= 0.6 is 0 Å². The van der Waals surface area contributed by atoms with Crippen LogP contribution in [0, 0.1) is 10.1 Å². The van der Waals surface area contributed by atoms with E-state index < -0.39 is 4.92 Å². The zero-order chi connectivity index (χ0) is 25.5. The Morgan fingerprint density at radius 1 is 1.11 bits per heavy atom. The monoisotopic (exact) mass is 495 g/mol. The number of nitro benzene ring substituents is 1. The predicted molar refractivity (Wildman–Crippen MR) is 133 cm³/mol. The van der Waals surface area contributed by atoms with Crippen molar-refractivity contribution >= 4 is 11.6 Å². The lowest BCUT2D eigenvalue weighted by Gasteiger charge is -2.26. The molecule has 0 spiro atoms. The number of carbonyl (C=O) groups is 1. The number of nitrogens with zero attached hydrogens (tertiary/aromatic N) is 4. The van der Waals surface area contributed by atoms with Crippen molar-refractivity contribution in [2.45, 2.75) is 6.42 Å². The Morgan fingerprint density at radius 3 is 2.53 bits per heavy atom. The standard InChI is InChI=1S/C25H29N5O6/c1-34-20-8-9-21(24(16-20)35-2)22-17-23(25(31)26-10-3-11-28-12-14-36-15-13-28)29(27-22)18-4-6-19(7-5-18)30(32)33/h4-9,16-17H,3,10-15H2,1-2H3,(H,26,31). The molecule has 1 fully saturated rings. The van der Waals surface area contributed by atoms with Crippen LogP contribution in [0.3, 0.4) is 0 Å². The molecule has 2 heterocycles. The van der Waals surface area contributed by atoms with Crippen molar-refractivity contribution in [3.05, 3.63) is 64.3 Å². The fraction of sp³-hybridized carbons (Fsp3) is 0.360. The summed E-state index contributed by atoms with van der Waals surface area (Å²) in [6, 6.07) is 12.9. The zero-order valence-corrected chi connectivity index (χ0v) is 20.3. The number of carbonyl (C=O) groups excluding carboxylic acids is 1. The average Bonchev–Trinajstić information content (AvgIpc) is 3.36. The third kappa shape index (κ3) is 5.81. The molecule has 190 valence electrons. The van der Waals surface area contributed by atoms with Gasteiger partial charge in [-0.25, -0.2) is 4.68 Å². The molecular weight excluding hydrogens is 466 g/mol. The van der Waals surface area contributed by atoms with Crippen molar-refractivity contribution in [3.8, 4) is 28.4 Å². The first kappa shape index (κ1) is 25.1. The largest absolute Gasteiger partial charge is 0.497 e. The Labute approximate surface area is 208 Å². The van der Waals surface area contributed by atoms with Crippen LogP contribution in [0.4, 0.5) is 5.69 Å². The van der Waals surface area contributed by atoms with E-state index in [0.29, 0.717) is 40.7 Å². The number of nitro groups is 1. The Kier molecular flexibility index (Phi) is 8.13. The molecule has 1 aliphatic rings. The minimum atomic E-state index is -0.470. The molecule has 1 aromatic heterocycles. The maximum Gasteiger partial charge on any atom is 0.270 e. The molecule has 11 nitrogen and oxygen atoms in total. The van der Waals surface area contributed by atoms with Crippen molar-refractivity contribution in [2.24, 2.45) is 0 Å². The number of aromatic nitrogens is 2. The van der Waals surface area contributed by atoms with Crippen LogP contribution in [-0.2, 0) is 4.74 Å². The van der Waals surface area contributed by atoms with E-state index in [4.69, 9.17) is 14.2 Å². The van der Waals surface area contributed by atoms with Gasteiger partial charge >= 0.3 is 0 Å². The molecule has 1 N–H and O–H groups in total. The maximum atomic E-state index is 13.2. The first-order valence-corrected chi connectivity index (χ1v) is 11.7. The number of hydrogen-bond donors (Lipinski definition) is 1. The highest BCUT2D eigenvalue weighted by molar-refractivity contribution is 5.94. The van der Waals surface area contributed by atoms with Crippen molar-refractivity contribution in [1.82, 2.24) is 20.0 Å². The molecule has 0 unspecified atom stereocenters. The van der Waals surface area contributed by atoms with Gasteiger partial charge in [-0.2, -0.15) is 5.10 Å². The van der Waals surface area contributed by atoms with Crippen molar-refractivity contribution < 1.29 is 23.9 Å². The van der Waals surface area contributed by atoms with Crippen LogP contribution in [0.2, 0.25) is 0 Å². The topological polar surface area (TPSA) is 121 Å². The molecular formula is C25H29N5O6. The number of methoxy groups -OCH3 is 2. The third-order valence-corrected chi connectivity index (χ3v) is 5.97. The van der Waals surface area contributed by atoms with Crippen LogP contribution in [-0.4, -0.2) is 79.1 Å². The first-order valence-electron chi connectivity index (χ1n) is 11.7. The molecule has 36 heavy (non-hydrogen) atoms. The van der Waals surface area contributed by atoms with Gasteiger partial charge in [0.05, 0.1) is 43.7 Å². The molecule has 2 aromatic carbocycles. The van der Waals surface area contributed by atoms with Gasteiger partial charge in [0.1, 0.15) is 17.2 Å². The highest BCUT2D eigenvalue weighted by atomic mass is 16.6. The summed E-state index contributed by atoms with van der Waals surface area (Å²) in [5.74, 6) is 0.880. The fourth-order valence-electron chi connectivity index (χ4n) is 4.02. The summed E-state index contributed by atoms with van der Waals surface area (Å²) in [6.45, 7) is 4.64. The van der Waals surface area contributed by atoms with Gasteiger partial charge in [-0.1, -0.05) is 0 Å². The van der Waals surface area contributed by atoms with E-state index in [2.05, 4.69) is 15.3 Å². The Morgan fingerprint density at radius 2 is 1.86 bits per heavy atom. The average molecular weight is 496 g/mol. The van der Waals surface area contributed by atoms with Gasteiger partial charge in [0.25, 0.3) is 11.6 Å². The summed E-state index contributed by atoms with van der Waals surface area (Å²) in [5.41, 5.74) is 1.99. The van der Waals surface area contributed by atoms with E-state index in [1.54, 1.807) is 44.6 Å². The number of benzene rings is 2. The summed E-state index contributed by atoms with van der Waals surface area (Å²) < 4.78 is 17.7. The molecule has 0 aliphatic carbocycles. The van der Waals surface area contributed by atoms with Crippen LogP contribution < -0.4 is 14.8 Å². The number of rotatable bonds is 10. The van der Waals surface area contributed by atoms with E-state index >= 15 is 0 Å². The Balaban J connectivity index is 1.59. The lowest BCUT2D eigenvalue weighted by Crippen LogP contribution is -2.38. The van der Waals surface area contributed by atoms with Gasteiger partial charge in [0.2, 0.25) is 0 Å². The number of ether oxygens (including phenoxy) is 3. The minimum Gasteiger partial charge on any atom is -0.497 e. The summed E-state index contributed by atoms with van der Waals surface area (Å²) in [4.78, 5) is 26.1. The molecule has 0 saturated carbocycles. The van der Waals surface area contributed by atoms with Gasteiger partial charge < -0.3 is 19.5 Å². The van der Waals surface area contributed by atoms with E-state index in [1.807, 2.05) is 6.07 Å². The second-order valence-corrected chi connectivity index (χ2v) is 8.23. The van der Waals surface area contributed by atoms with Gasteiger partial charge in [-0.3, -0.25) is 19.8 Å². The molecule has 0 bridgehead atoms. The quantitative estimate of drug-likeness (QED) is 0.259. The maximum absolute atomic E-state index is 13.2. The third-order valence-electron chi connectivity index (χ3n) is 5.97. The number of amides is 1. The fourth-order valence-corrected chi connectivity index (χ4v) is 4.02. The van der Waals surface area contributed by atoms with Crippen LogP contribution in [0.25, 0.3) is 16.9 Å². The van der Waals surface area contributed by atoms with E-state index in [9.17, 15) is 14.9 Å². The predicted octanol–water partition coefficient (Wildman–Crippen LogP) is 2.92. The number of nitrogens with one attached hydrogen (secondary N) is 1. The number of morpholine rings is 1. The van der Waals surface area contributed by atoms with E-state index in [1.165, 1.54) is 16.8 Å². The molecule has 1 amide bonds. The normalized spacial score (nSPS) is 13.8. The first-order chi connectivity index (χ1) is 17.5. The summed E-state index contributed by atoms with van der Waals surface area (Å²) in [5, 5.41) is 18.7. The highest BCUT2D eigenvalue weighted by Gasteiger charge is 2.20. The number of non-ortho nitro benzene ring substituents is 1. The number of hydrogen-bond acceptors (Lipinski definition) is 8. The second kappa shape index (κ2) is 11.6. The van der Waals surface area contributed by atoms with E-state index in [-0.39, 0.29) is 11.6 Å². The molecule has 0 atom stereocenters. The summed E-state index contributed by atoms with van der Waals surface area (Å²) in [6.07, 6.45) is 0.802. The molecule has 0 radical (unpaired) electrons. The molecule has 11 heteroatoms.